The third-order valence-electron chi connectivity index (χ3n) is 3.93. The van der Waals surface area contributed by atoms with Crippen LogP contribution >= 0.6 is 11.6 Å². The molecule has 0 N–H and O–H groups in total. The van der Waals surface area contributed by atoms with E-state index in [9.17, 15) is 4.79 Å². The molecule has 21 heavy (non-hydrogen) atoms. The molecule has 1 aliphatic rings. The molecule has 2 aromatic rings. The van der Waals surface area contributed by atoms with Gasteiger partial charge in [-0.25, -0.2) is 4.98 Å². The van der Waals surface area contributed by atoms with Gasteiger partial charge in [-0.15, -0.1) is 0 Å². The van der Waals surface area contributed by atoms with Gasteiger partial charge in [0.25, 0.3) is 5.91 Å². The van der Waals surface area contributed by atoms with Crippen LogP contribution in [-0.4, -0.2) is 22.3 Å². The summed E-state index contributed by atoms with van der Waals surface area (Å²) in [5.74, 6) is 0.0696. The Balaban J connectivity index is 1.92. The molecule has 0 unspecified atom stereocenters. The van der Waals surface area contributed by atoms with Crippen molar-refractivity contribution < 1.29 is 4.79 Å². The summed E-state index contributed by atoms with van der Waals surface area (Å²) < 4.78 is 0. The smallest absolute Gasteiger partial charge is 0.254 e. The van der Waals surface area contributed by atoms with Gasteiger partial charge < -0.3 is 4.90 Å². The number of benzene rings is 1. The van der Waals surface area contributed by atoms with Crippen LogP contribution in [0.15, 0.2) is 48.7 Å². The lowest BCUT2D eigenvalue weighted by atomic mass is 9.95. The molecule has 0 spiro atoms. The average Bonchev–Trinajstić information content (AvgIpc) is 2.55. The molecular weight excluding hydrogens is 284 g/mol. The van der Waals surface area contributed by atoms with Crippen molar-refractivity contribution >= 4 is 17.5 Å². The van der Waals surface area contributed by atoms with Crippen molar-refractivity contribution in [1.29, 1.82) is 0 Å². The number of rotatable bonds is 2. The van der Waals surface area contributed by atoms with Crippen molar-refractivity contribution in [2.45, 2.75) is 25.3 Å². The van der Waals surface area contributed by atoms with E-state index < -0.39 is 0 Å². The maximum Gasteiger partial charge on any atom is 0.254 e. The van der Waals surface area contributed by atoms with Crippen LogP contribution in [0.4, 0.5) is 0 Å². The Morgan fingerprint density at radius 2 is 1.95 bits per heavy atom. The Bertz CT molecular complexity index is 630. The molecule has 108 valence electrons. The SMILES string of the molecule is O=C(c1ccccc1)N1CCCC[C@H]1c1cccnc1Cl. The van der Waals surface area contributed by atoms with Gasteiger partial charge in [-0.1, -0.05) is 35.9 Å². The van der Waals surface area contributed by atoms with E-state index >= 15 is 0 Å². The third kappa shape index (κ3) is 2.93. The molecule has 0 saturated carbocycles. The first-order valence-electron chi connectivity index (χ1n) is 7.24. The highest BCUT2D eigenvalue weighted by atomic mass is 35.5. The molecule has 4 heteroatoms. The zero-order chi connectivity index (χ0) is 14.7. The molecule has 1 fully saturated rings. The fraction of sp³-hybridized carbons (Fsp3) is 0.294. The van der Waals surface area contributed by atoms with Crippen molar-refractivity contribution in [2.24, 2.45) is 0 Å². The van der Waals surface area contributed by atoms with E-state index in [2.05, 4.69) is 4.98 Å². The lowest BCUT2D eigenvalue weighted by molar-refractivity contribution is 0.0611. The van der Waals surface area contributed by atoms with E-state index in [4.69, 9.17) is 11.6 Å². The molecule has 1 saturated heterocycles. The summed E-state index contributed by atoms with van der Waals surface area (Å²) in [6.45, 7) is 0.767. The van der Waals surface area contributed by atoms with Crippen LogP contribution in [0, 0.1) is 0 Å². The number of piperidine rings is 1. The normalized spacial score (nSPS) is 18.5. The van der Waals surface area contributed by atoms with Crippen LogP contribution in [0.25, 0.3) is 0 Å². The molecule has 0 radical (unpaired) electrons. The second-order valence-corrected chi connectivity index (χ2v) is 5.62. The maximum atomic E-state index is 12.8. The Morgan fingerprint density at radius 3 is 2.71 bits per heavy atom. The van der Waals surface area contributed by atoms with Gasteiger partial charge in [-0.3, -0.25) is 4.79 Å². The zero-order valence-corrected chi connectivity index (χ0v) is 12.5. The number of nitrogens with zero attached hydrogens (tertiary/aromatic N) is 2. The number of likely N-dealkylation sites (tertiary alicyclic amines) is 1. The minimum absolute atomic E-state index is 0.0210. The molecule has 1 amide bonds. The van der Waals surface area contributed by atoms with Crippen LogP contribution < -0.4 is 0 Å². The van der Waals surface area contributed by atoms with Gasteiger partial charge in [0.15, 0.2) is 0 Å². The fourth-order valence-corrected chi connectivity index (χ4v) is 3.14. The number of pyridine rings is 1. The van der Waals surface area contributed by atoms with Crippen LogP contribution in [0.3, 0.4) is 0 Å². The molecule has 3 rings (SSSR count). The predicted octanol–water partition coefficient (Wildman–Crippen LogP) is 4.10. The molecule has 1 atom stereocenters. The van der Waals surface area contributed by atoms with Crippen molar-refractivity contribution in [3.63, 3.8) is 0 Å². The van der Waals surface area contributed by atoms with E-state index in [1.165, 1.54) is 0 Å². The minimum atomic E-state index is 0.0210. The van der Waals surface area contributed by atoms with Crippen molar-refractivity contribution in [2.75, 3.05) is 6.54 Å². The van der Waals surface area contributed by atoms with E-state index in [1.807, 2.05) is 47.4 Å². The first kappa shape index (κ1) is 14.1. The lowest BCUT2D eigenvalue weighted by Gasteiger charge is -2.36. The van der Waals surface area contributed by atoms with E-state index in [0.717, 1.165) is 36.9 Å². The lowest BCUT2D eigenvalue weighted by Crippen LogP contribution is -2.38. The number of carbonyl (C=O) groups excluding carboxylic acids is 1. The van der Waals surface area contributed by atoms with Gasteiger partial charge in [-0.2, -0.15) is 0 Å². The molecule has 2 heterocycles. The minimum Gasteiger partial charge on any atom is -0.331 e. The molecule has 1 aromatic carbocycles. The van der Waals surface area contributed by atoms with Crippen LogP contribution in [0.2, 0.25) is 5.15 Å². The number of carbonyl (C=O) groups is 1. The summed E-state index contributed by atoms with van der Waals surface area (Å²) in [6, 6.07) is 13.3. The number of hydrogen-bond acceptors (Lipinski definition) is 2. The predicted molar refractivity (Wildman–Crippen MR) is 83.3 cm³/mol. The number of halogens is 1. The fourth-order valence-electron chi connectivity index (χ4n) is 2.89. The van der Waals surface area contributed by atoms with Gasteiger partial charge in [0.2, 0.25) is 0 Å². The first-order chi connectivity index (χ1) is 10.3. The Hall–Kier alpha value is -1.87. The summed E-state index contributed by atoms with van der Waals surface area (Å²) in [6.07, 6.45) is 4.75. The quantitative estimate of drug-likeness (QED) is 0.782. The summed E-state index contributed by atoms with van der Waals surface area (Å²) in [7, 11) is 0. The van der Waals surface area contributed by atoms with Gasteiger partial charge in [0.1, 0.15) is 5.15 Å². The van der Waals surface area contributed by atoms with Crippen molar-refractivity contribution in [1.82, 2.24) is 9.88 Å². The van der Waals surface area contributed by atoms with Crippen LogP contribution in [0.5, 0.6) is 0 Å². The molecule has 1 aliphatic heterocycles. The third-order valence-corrected chi connectivity index (χ3v) is 4.25. The monoisotopic (exact) mass is 300 g/mol. The van der Waals surface area contributed by atoms with Gasteiger partial charge in [-0.05, 0) is 37.5 Å². The van der Waals surface area contributed by atoms with Gasteiger partial charge >= 0.3 is 0 Å². The highest BCUT2D eigenvalue weighted by Gasteiger charge is 2.30. The van der Waals surface area contributed by atoms with Crippen LogP contribution in [-0.2, 0) is 0 Å². The van der Waals surface area contributed by atoms with Crippen molar-refractivity contribution in [3.05, 3.63) is 64.9 Å². The largest absolute Gasteiger partial charge is 0.331 e. The summed E-state index contributed by atoms with van der Waals surface area (Å²) >= 11 is 6.22. The van der Waals surface area contributed by atoms with Gasteiger partial charge in [0.05, 0.1) is 6.04 Å². The summed E-state index contributed by atoms with van der Waals surface area (Å²) in [5, 5.41) is 0.496. The van der Waals surface area contributed by atoms with Gasteiger partial charge in [0, 0.05) is 23.9 Å². The van der Waals surface area contributed by atoms with Crippen molar-refractivity contribution in [3.8, 4) is 0 Å². The average molecular weight is 301 g/mol. The number of hydrogen-bond donors (Lipinski definition) is 0. The second-order valence-electron chi connectivity index (χ2n) is 5.26. The van der Waals surface area contributed by atoms with E-state index in [-0.39, 0.29) is 11.9 Å². The molecule has 3 nitrogen and oxygen atoms in total. The Morgan fingerprint density at radius 1 is 1.14 bits per heavy atom. The highest BCUT2D eigenvalue weighted by Crippen LogP contribution is 2.34. The van der Waals surface area contributed by atoms with E-state index in [1.54, 1.807) is 6.20 Å². The topological polar surface area (TPSA) is 33.2 Å². The standard InChI is InChI=1S/C17H17ClN2O/c18-16-14(9-6-11-19-16)15-10-4-5-12-20(15)17(21)13-7-2-1-3-8-13/h1-3,6-9,11,15H,4-5,10,12H2/t15-/m0/s1. The highest BCUT2D eigenvalue weighted by molar-refractivity contribution is 6.30. The number of aromatic nitrogens is 1. The molecule has 0 bridgehead atoms. The Labute approximate surface area is 129 Å². The van der Waals surface area contributed by atoms with Crippen LogP contribution in [0.1, 0.15) is 41.2 Å². The maximum absolute atomic E-state index is 12.8. The van der Waals surface area contributed by atoms with E-state index in [0.29, 0.717) is 5.15 Å². The molecule has 1 aromatic heterocycles. The first-order valence-corrected chi connectivity index (χ1v) is 7.61. The summed E-state index contributed by atoms with van der Waals surface area (Å²) in [5.41, 5.74) is 1.67. The summed E-state index contributed by atoms with van der Waals surface area (Å²) in [4.78, 5) is 18.8. The number of amides is 1. The Kier molecular flexibility index (Phi) is 4.20. The zero-order valence-electron chi connectivity index (χ0n) is 11.7. The molecular formula is C17H17ClN2O. The second kappa shape index (κ2) is 6.27. The molecule has 0 aliphatic carbocycles.